The van der Waals surface area contributed by atoms with E-state index in [4.69, 9.17) is 5.11 Å². The van der Waals surface area contributed by atoms with Crippen molar-refractivity contribution < 1.29 is 9.90 Å². The maximum atomic E-state index is 10.6. The van der Waals surface area contributed by atoms with Gasteiger partial charge in [-0.1, -0.05) is 30.3 Å². The third-order valence-corrected chi connectivity index (χ3v) is 2.18. The molecular weight excluding hydrogens is 206 g/mol. The van der Waals surface area contributed by atoms with Gasteiger partial charge < -0.3 is 5.11 Å². The van der Waals surface area contributed by atoms with Crippen molar-refractivity contribution in [2.24, 2.45) is 0 Å². The Morgan fingerprint density at radius 3 is 2.75 bits per heavy atom. The van der Waals surface area contributed by atoms with E-state index in [2.05, 4.69) is 10.1 Å². The molecule has 1 N–H and O–H groups in total. The molecule has 0 unspecified atom stereocenters. The largest absolute Gasteiger partial charge is 0.481 e. The number of benzene rings is 1. The lowest BCUT2D eigenvalue weighted by Gasteiger charge is -2.04. The Morgan fingerprint density at radius 2 is 2.06 bits per heavy atom. The third-order valence-electron chi connectivity index (χ3n) is 2.18. The first kappa shape index (κ1) is 10.4. The van der Waals surface area contributed by atoms with Crippen molar-refractivity contribution in [3.8, 4) is 0 Å². The van der Waals surface area contributed by atoms with E-state index in [1.54, 1.807) is 4.68 Å². The summed E-state index contributed by atoms with van der Waals surface area (Å²) in [5, 5.41) is 12.7. The summed E-state index contributed by atoms with van der Waals surface area (Å²) >= 11 is 0. The van der Waals surface area contributed by atoms with E-state index in [1.165, 1.54) is 6.33 Å². The molecule has 0 saturated heterocycles. The Bertz CT molecular complexity index is 479. The molecule has 0 aliphatic rings. The first-order chi connectivity index (χ1) is 7.75. The fourth-order valence-corrected chi connectivity index (χ4v) is 1.45. The zero-order valence-corrected chi connectivity index (χ0v) is 8.58. The zero-order valence-electron chi connectivity index (χ0n) is 8.58. The van der Waals surface area contributed by atoms with Gasteiger partial charge in [0.15, 0.2) is 0 Å². The summed E-state index contributed by atoms with van der Waals surface area (Å²) < 4.78 is 1.60. The molecule has 5 nitrogen and oxygen atoms in total. The number of hydrogen-bond donors (Lipinski definition) is 1. The average molecular weight is 217 g/mol. The molecule has 0 saturated carbocycles. The number of hydrogen-bond acceptors (Lipinski definition) is 3. The third kappa shape index (κ3) is 2.44. The number of aliphatic carboxylic acids is 1. The monoisotopic (exact) mass is 217 g/mol. The van der Waals surface area contributed by atoms with Crippen LogP contribution in [0.1, 0.15) is 11.4 Å². The second-order valence-corrected chi connectivity index (χ2v) is 3.39. The topological polar surface area (TPSA) is 68.0 Å². The normalized spacial score (nSPS) is 10.2. The molecule has 0 spiro atoms. The maximum absolute atomic E-state index is 10.6. The van der Waals surface area contributed by atoms with Gasteiger partial charge in [-0.3, -0.25) is 4.79 Å². The molecule has 0 fully saturated rings. The van der Waals surface area contributed by atoms with Gasteiger partial charge in [0.25, 0.3) is 0 Å². The van der Waals surface area contributed by atoms with Gasteiger partial charge in [-0.05, 0) is 5.56 Å². The lowest BCUT2D eigenvalue weighted by Crippen LogP contribution is -2.11. The van der Waals surface area contributed by atoms with Crippen LogP contribution in [0.15, 0.2) is 36.7 Å². The molecule has 1 aromatic carbocycles. The van der Waals surface area contributed by atoms with Gasteiger partial charge in [0.1, 0.15) is 18.6 Å². The molecule has 2 rings (SSSR count). The first-order valence-electron chi connectivity index (χ1n) is 4.88. The molecular formula is C11H11N3O2. The van der Waals surface area contributed by atoms with Crippen molar-refractivity contribution in [3.05, 3.63) is 48.0 Å². The molecule has 0 bridgehead atoms. The highest BCUT2D eigenvalue weighted by Crippen LogP contribution is 2.03. The molecule has 0 atom stereocenters. The average Bonchev–Trinajstić information content (AvgIpc) is 2.66. The van der Waals surface area contributed by atoms with Gasteiger partial charge in [-0.2, -0.15) is 5.10 Å². The number of rotatable bonds is 4. The van der Waals surface area contributed by atoms with Crippen molar-refractivity contribution >= 4 is 5.97 Å². The molecule has 1 heterocycles. The van der Waals surface area contributed by atoms with E-state index in [1.807, 2.05) is 30.3 Å². The number of carbonyl (C=O) groups is 1. The van der Waals surface area contributed by atoms with Crippen LogP contribution in [0.25, 0.3) is 0 Å². The fraction of sp³-hybridized carbons (Fsp3) is 0.182. The van der Waals surface area contributed by atoms with Crippen molar-refractivity contribution in [2.45, 2.75) is 13.0 Å². The maximum Gasteiger partial charge on any atom is 0.311 e. The predicted octanol–water partition coefficient (Wildman–Crippen LogP) is 0.953. The van der Waals surface area contributed by atoms with Gasteiger partial charge in [0, 0.05) is 0 Å². The van der Waals surface area contributed by atoms with Crippen molar-refractivity contribution in [1.29, 1.82) is 0 Å². The van der Waals surface area contributed by atoms with Crippen molar-refractivity contribution in [1.82, 2.24) is 14.8 Å². The fourth-order valence-electron chi connectivity index (χ4n) is 1.45. The summed E-state index contributed by atoms with van der Waals surface area (Å²) in [6.07, 6.45) is 1.27. The summed E-state index contributed by atoms with van der Waals surface area (Å²) in [7, 11) is 0. The predicted molar refractivity (Wildman–Crippen MR) is 56.9 cm³/mol. The number of carboxylic acids is 1. The zero-order chi connectivity index (χ0) is 11.4. The summed E-state index contributed by atoms with van der Waals surface area (Å²) in [6.45, 7) is 0.545. The SMILES string of the molecule is O=C(O)Cc1ncnn1Cc1ccccc1. The molecule has 16 heavy (non-hydrogen) atoms. The minimum absolute atomic E-state index is 0.104. The van der Waals surface area contributed by atoms with Crippen molar-refractivity contribution in [2.75, 3.05) is 0 Å². The van der Waals surface area contributed by atoms with E-state index >= 15 is 0 Å². The molecule has 0 amide bonds. The number of nitrogens with zero attached hydrogens (tertiary/aromatic N) is 3. The quantitative estimate of drug-likeness (QED) is 0.828. The van der Waals surface area contributed by atoms with E-state index in [-0.39, 0.29) is 6.42 Å². The molecule has 0 aliphatic heterocycles. The molecule has 82 valence electrons. The van der Waals surface area contributed by atoms with Crippen molar-refractivity contribution in [3.63, 3.8) is 0 Å². The summed E-state index contributed by atoms with van der Waals surface area (Å²) in [5.41, 5.74) is 1.07. The lowest BCUT2D eigenvalue weighted by atomic mass is 10.2. The van der Waals surface area contributed by atoms with Crippen LogP contribution in [0.3, 0.4) is 0 Å². The van der Waals surface area contributed by atoms with Crippen LogP contribution in [-0.4, -0.2) is 25.8 Å². The Kier molecular flexibility index (Phi) is 2.95. The molecule has 0 aliphatic carbocycles. The lowest BCUT2D eigenvalue weighted by molar-refractivity contribution is -0.136. The second-order valence-electron chi connectivity index (χ2n) is 3.39. The van der Waals surface area contributed by atoms with Crippen LogP contribution >= 0.6 is 0 Å². The van der Waals surface area contributed by atoms with E-state index in [9.17, 15) is 4.79 Å². The van der Waals surface area contributed by atoms with E-state index < -0.39 is 5.97 Å². The molecule has 2 aromatic rings. The standard InChI is InChI=1S/C11H11N3O2/c15-11(16)6-10-12-8-13-14(10)7-9-4-2-1-3-5-9/h1-5,8H,6-7H2,(H,15,16). The highest BCUT2D eigenvalue weighted by molar-refractivity contribution is 5.68. The first-order valence-corrected chi connectivity index (χ1v) is 4.88. The Morgan fingerprint density at radius 1 is 1.31 bits per heavy atom. The molecule has 1 aromatic heterocycles. The smallest absolute Gasteiger partial charge is 0.311 e. The Balaban J connectivity index is 2.16. The van der Waals surface area contributed by atoms with E-state index in [0.717, 1.165) is 5.56 Å². The molecule has 0 radical (unpaired) electrons. The molecule has 5 heteroatoms. The van der Waals surface area contributed by atoms with E-state index in [0.29, 0.717) is 12.4 Å². The Labute approximate surface area is 92.4 Å². The van der Waals surface area contributed by atoms with Gasteiger partial charge >= 0.3 is 5.97 Å². The second kappa shape index (κ2) is 4.57. The summed E-state index contributed by atoms with van der Waals surface area (Å²) in [6, 6.07) is 9.73. The van der Waals surface area contributed by atoms with Crippen LogP contribution < -0.4 is 0 Å². The van der Waals surface area contributed by atoms with Gasteiger partial charge in [0.05, 0.1) is 6.54 Å². The minimum atomic E-state index is -0.901. The highest BCUT2D eigenvalue weighted by Gasteiger charge is 2.08. The summed E-state index contributed by atoms with van der Waals surface area (Å²) in [4.78, 5) is 14.5. The van der Waals surface area contributed by atoms with Crippen LogP contribution in [0.4, 0.5) is 0 Å². The number of aromatic nitrogens is 3. The highest BCUT2D eigenvalue weighted by atomic mass is 16.4. The minimum Gasteiger partial charge on any atom is -0.481 e. The van der Waals surface area contributed by atoms with Gasteiger partial charge in [-0.25, -0.2) is 9.67 Å². The van der Waals surface area contributed by atoms with Crippen LogP contribution in [0.2, 0.25) is 0 Å². The van der Waals surface area contributed by atoms with Crippen LogP contribution in [0.5, 0.6) is 0 Å². The van der Waals surface area contributed by atoms with Crippen LogP contribution in [-0.2, 0) is 17.8 Å². The number of carboxylic acid groups (broad SMARTS) is 1. The Hall–Kier alpha value is -2.17. The summed E-state index contributed by atoms with van der Waals surface area (Å²) in [5.74, 6) is -0.432. The van der Waals surface area contributed by atoms with Gasteiger partial charge in [0.2, 0.25) is 0 Å². The van der Waals surface area contributed by atoms with Crippen LogP contribution in [0, 0.1) is 0 Å². The van der Waals surface area contributed by atoms with Gasteiger partial charge in [-0.15, -0.1) is 0 Å².